The van der Waals surface area contributed by atoms with Gasteiger partial charge in [-0.1, -0.05) is 12.1 Å². The third kappa shape index (κ3) is 3.13. The van der Waals surface area contributed by atoms with E-state index in [-0.39, 0.29) is 0 Å². The van der Waals surface area contributed by atoms with Crippen LogP contribution in [0.3, 0.4) is 0 Å². The number of rotatable bonds is 2. The van der Waals surface area contributed by atoms with E-state index < -0.39 is 17.8 Å². The number of pyridine rings is 1. The van der Waals surface area contributed by atoms with Crippen LogP contribution in [0, 0.1) is 0 Å². The smallest absolute Gasteiger partial charge is 0.382 e. The van der Waals surface area contributed by atoms with E-state index in [1.54, 1.807) is 12.1 Å². The topological polar surface area (TPSA) is 33.1 Å². The maximum absolute atomic E-state index is 12.4. The van der Waals surface area contributed by atoms with Crippen molar-refractivity contribution < 1.29 is 18.3 Å². The molecule has 0 aliphatic heterocycles. The van der Waals surface area contributed by atoms with Gasteiger partial charge in [-0.15, -0.1) is 0 Å². The van der Waals surface area contributed by atoms with Crippen molar-refractivity contribution in [3.8, 4) is 0 Å². The molecular weight excluding hydrogens is 323 g/mol. The molecule has 2 aromatic rings. The van der Waals surface area contributed by atoms with Crippen LogP contribution in [-0.4, -0.2) is 10.1 Å². The summed E-state index contributed by atoms with van der Waals surface area (Å²) in [5, 5.41) is 10.1. The molecule has 0 aliphatic rings. The number of aliphatic hydroxyl groups excluding tert-OH is 1. The minimum absolute atomic E-state index is 0.354. The first kappa shape index (κ1) is 14.0. The first-order chi connectivity index (χ1) is 8.89. The van der Waals surface area contributed by atoms with Crippen LogP contribution in [0.1, 0.15) is 22.9 Å². The monoisotopic (exact) mass is 331 g/mol. The molecule has 6 heteroatoms. The number of aromatic nitrogens is 1. The molecule has 0 fully saturated rings. The molecule has 1 aromatic heterocycles. The lowest BCUT2D eigenvalue weighted by Gasteiger charge is -2.13. The first-order valence-electron chi connectivity index (χ1n) is 5.35. The van der Waals surface area contributed by atoms with E-state index in [0.29, 0.717) is 15.7 Å². The highest BCUT2D eigenvalue weighted by atomic mass is 79.9. The molecule has 0 spiro atoms. The van der Waals surface area contributed by atoms with Gasteiger partial charge in [0.1, 0.15) is 6.10 Å². The number of hydrogen-bond acceptors (Lipinski definition) is 2. The summed E-state index contributed by atoms with van der Waals surface area (Å²) in [7, 11) is 0. The largest absolute Gasteiger partial charge is 0.416 e. The van der Waals surface area contributed by atoms with Crippen LogP contribution < -0.4 is 0 Å². The average Bonchev–Trinajstić information content (AvgIpc) is 2.38. The molecule has 0 amide bonds. The fourth-order valence-corrected chi connectivity index (χ4v) is 2.08. The average molecular weight is 332 g/mol. The van der Waals surface area contributed by atoms with Crippen LogP contribution in [0.5, 0.6) is 0 Å². The molecule has 2 rings (SSSR count). The molecular formula is C13H9BrF3NO. The van der Waals surface area contributed by atoms with Crippen molar-refractivity contribution in [3.05, 3.63) is 63.9 Å². The molecule has 2 nitrogen and oxygen atoms in total. The number of aliphatic hydroxyl groups is 1. The van der Waals surface area contributed by atoms with Gasteiger partial charge in [-0.05, 0) is 45.8 Å². The molecule has 1 atom stereocenters. The molecule has 0 saturated carbocycles. The van der Waals surface area contributed by atoms with Gasteiger partial charge in [-0.3, -0.25) is 4.98 Å². The maximum Gasteiger partial charge on any atom is 0.416 e. The molecule has 1 aromatic carbocycles. The van der Waals surface area contributed by atoms with Gasteiger partial charge >= 0.3 is 6.18 Å². The Morgan fingerprint density at radius 3 is 2.26 bits per heavy atom. The molecule has 1 heterocycles. The molecule has 100 valence electrons. The standard InChI is InChI=1S/C13H9BrF3NO/c14-10-2-1-7-18-11(10)12(19)8-3-5-9(6-4-8)13(15,16)17/h1-7,12,19H. The second-order valence-electron chi connectivity index (χ2n) is 3.89. The number of benzene rings is 1. The third-order valence-corrected chi connectivity index (χ3v) is 3.27. The van der Waals surface area contributed by atoms with Crippen molar-refractivity contribution in [1.29, 1.82) is 0 Å². The Morgan fingerprint density at radius 1 is 1.11 bits per heavy atom. The molecule has 0 radical (unpaired) electrons. The van der Waals surface area contributed by atoms with Crippen LogP contribution in [0.2, 0.25) is 0 Å². The molecule has 0 aliphatic carbocycles. The van der Waals surface area contributed by atoms with Gasteiger partial charge in [0.05, 0.1) is 11.3 Å². The fourth-order valence-electron chi connectivity index (χ4n) is 1.61. The van der Waals surface area contributed by atoms with Crippen molar-refractivity contribution in [3.63, 3.8) is 0 Å². The second-order valence-corrected chi connectivity index (χ2v) is 4.75. The van der Waals surface area contributed by atoms with Gasteiger partial charge in [0.25, 0.3) is 0 Å². The zero-order valence-corrected chi connectivity index (χ0v) is 11.1. The Kier molecular flexibility index (Phi) is 3.91. The second kappa shape index (κ2) is 5.30. The number of alkyl halides is 3. The van der Waals surface area contributed by atoms with Crippen LogP contribution >= 0.6 is 15.9 Å². The Labute approximate surface area is 116 Å². The highest BCUT2D eigenvalue weighted by molar-refractivity contribution is 9.10. The van der Waals surface area contributed by atoms with E-state index in [9.17, 15) is 18.3 Å². The fraction of sp³-hybridized carbons (Fsp3) is 0.154. The molecule has 1 unspecified atom stereocenters. The number of hydrogen-bond donors (Lipinski definition) is 1. The normalized spacial score (nSPS) is 13.3. The Hall–Kier alpha value is -1.40. The minimum atomic E-state index is -4.38. The van der Waals surface area contributed by atoms with Crippen molar-refractivity contribution in [1.82, 2.24) is 4.98 Å². The van der Waals surface area contributed by atoms with Crippen molar-refractivity contribution in [2.24, 2.45) is 0 Å². The summed E-state index contributed by atoms with van der Waals surface area (Å²) in [6.45, 7) is 0. The quantitative estimate of drug-likeness (QED) is 0.904. The van der Waals surface area contributed by atoms with Crippen LogP contribution in [0.25, 0.3) is 0 Å². The Morgan fingerprint density at radius 2 is 1.74 bits per heavy atom. The van der Waals surface area contributed by atoms with Crippen LogP contribution in [0.15, 0.2) is 47.1 Å². The lowest BCUT2D eigenvalue weighted by atomic mass is 10.0. The van der Waals surface area contributed by atoms with E-state index in [4.69, 9.17) is 0 Å². The Bertz CT molecular complexity index is 569. The summed E-state index contributed by atoms with van der Waals surface area (Å²) >= 11 is 3.24. The van der Waals surface area contributed by atoms with Crippen molar-refractivity contribution in [2.75, 3.05) is 0 Å². The van der Waals surface area contributed by atoms with Gasteiger partial charge in [0.15, 0.2) is 0 Å². The number of nitrogens with zero attached hydrogens (tertiary/aromatic N) is 1. The van der Waals surface area contributed by atoms with E-state index in [0.717, 1.165) is 12.1 Å². The van der Waals surface area contributed by atoms with Gasteiger partial charge in [0, 0.05) is 10.7 Å². The molecule has 0 saturated heterocycles. The van der Waals surface area contributed by atoms with E-state index in [1.807, 2.05) is 0 Å². The van der Waals surface area contributed by atoms with Gasteiger partial charge in [-0.25, -0.2) is 0 Å². The molecule has 0 bridgehead atoms. The highest BCUT2D eigenvalue weighted by Gasteiger charge is 2.30. The minimum Gasteiger partial charge on any atom is -0.382 e. The van der Waals surface area contributed by atoms with E-state index >= 15 is 0 Å². The first-order valence-corrected chi connectivity index (χ1v) is 6.14. The summed E-state index contributed by atoms with van der Waals surface area (Å²) in [6.07, 6.45) is -3.94. The van der Waals surface area contributed by atoms with Crippen LogP contribution in [0.4, 0.5) is 13.2 Å². The summed E-state index contributed by atoms with van der Waals surface area (Å²) < 4.78 is 37.9. The highest BCUT2D eigenvalue weighted by Crippen LogP contribution is 2.31. The third-order valence-electron chi connectivity index (χ3n) is 2.60. The number of halogens is 4. The predicted octanol–water partition coefficient (Wildman–Crippen LogP) is 3.94. The summed E-state index contributed by atoms with van der Waals surface area (Å²) in [5.74, 6) is 0. The van der Waals surface area contributed by atoms with Gasteiger partial charge in [-0.2, -0.15) is 13.2 Å². The van der Waals surface area contributed by atoms with Crippen LogP contribution in [-0.2, 0) is 6.18 Å². The van der Waals surface area contributed by atoms with E-state index in [2.05, 4.69) is 20.9 Å². The lowest BCUT2D eigenvalue weighted by molar-refractivity contribution is -0.137. The summed E-state index contributed by atoms with van der Waals surface area (Å²) in [5.41, 5.74) is -0.0294. The van der Waals surface area contributed by atoms with E-state index in [1.165, 1.54) is 18.3 Å². The van der Waals surface area contributed by atoms with Crippen molar-refractivity contribution >= 4 is 15.9 Å². The SMILES string of the molecule is OC(c1ccc(C(F)(F)F)cc1)c1ncccc1Br. The Balaban J connectivity index is 2.31. The zero-order chi connectivity index (χ0) is 14.0. The summed E-state index contributed by atoms with van der Waals surface area (Å²) in [4.78, 5) is 4.01. The predicted molar refractivity (Wildman–Crippen MR) is 67.4 cm³/mol. The zero-order valence-electron chi connectivity index (χ0n) is 9.53. The summed E-state index contributed by atoms with van der Waals surface area (Å²) in [6, 6.07) is 7.76. The van der Waals surface area contributed by atoms with Gasteiger partial charge in [0.2, 0.25) is 0 Å². The lowest BCUT2D eigenvalue weighted by Crippen LogP contribution is -2.07. The molecule has 19 heavy (non-hydrogen) atoms. The van der Waals surface area contributed by atoms with Crippen molar-refractivity contribution in [2.45, 2.75) is 12.3 Å². The maximum atomic E-state index is 12.4. The van der Waals surface area contributed by atoms with Gasteiger partial charge < -0.3 is 5.11 Å². The molecule has 1 N–H and O–H groups in total.